The van der Waals surface area contributed by atoms with Crippen LogP contribution in [0.15, 0.2) is 0 Å². The normalized spacial score (nSPS) is 19.8. The van der Waals surface area contributed by atoms with Crippen LogP contribution >= 0.6 is 0 Å². The highest BCUT2D eigenvalue weighted by atomic mass is 16.5. The van der Waals surface area contributed by atoms with Crippen LogP contribution in [0.25, 0.3) is 0 Å². The molecule has 2 atom stereocenters. The Balaban J connectivity index is 1.89. The smallest absolute Gasteiger partial charge is 0.220 e. The molecule has 116 valence electrons. The summed E-state index contributed by atoms with van der Waals surface area (Å²) in [5.41, 5.74) is 5.13. The van der Waals surface area contributed by atoms with Crippen molar-refractivity contribution in [3.63, 3.8) is 0 Å². The van der Waals surface area contributed by atoms with Gasteiger partial charge in [-0.3, -0.25) is 9.59 Å². The average Bonchev–Trinajstić information content (AvgIpc) is 2.92. The third-order valence-electron chi connectivity index (χ3n) is 3.41. The topological polar surface area (TPSA) is 90.7 Å². The van der Waals surface area contributed by atoms with Gasteiger partial charge in [0.1, 0.15) is 0 Å². The van der Waals surface area contributed by atoms with Gasteiger partial charge in [-0.15, -0.1) is 0 Å². The van der Waals surface area contributed by atoms with Crippen LogP contribution in [0.2, 0.25) is 0 Å². The lowest BCUT2D eigenvalue weighted by atomic mass is 10.1. The highest BCUT2D eigenvalue weighted by Crippen LogP contribution is 2.11. The maximum Gasteiger partial charge on any atom is 0.220 e. The van der Waals surface area contributed by atoms with E-state index in [1.54, 1.807) is 6.92 Å². The predicted octanol–water partition coefficient (Wildman–Crippen LogP) is 0.590. The van der Waals surface area contributed by atoms with Crippen LogP contribution in [-0.4, -0.2) is 44.3 Å². The second kappa shape index (κ2) is 9.72. The van der Waals surface area contributed by atoms with Gasteiger partial charge in [-0.1, -0.05) is 6.92 Å². The molecule has 1 unspecified atom stereocenters. The van der Waals surface area contributed by atoms with Crippen molar-refractivity contribution in [2.24, 2.45) is 11.7 Å². The number of amides is 2. The zero-order chi connectivity index (χ0) is 14.8. The van der Waals surface area contributed by atoms with E-state index in [9.17, 15) is 9.59 Å². The maximum absolute atomic E-state index is 11.5. The Kier molecular flexibility index (Phi) is 8.22. The van der Waals surface area contributed by atoms with Gasteiger partial charge >= 0.3 is 0 Å². The lowest BCUT2D eigenvalue weighted by Gasteiger charge is -2.10. The second-order valence-electron chi connectivity index (χ2n) is 5.26. The molecule has 0 aromatic heterocycles. The Morgan fingerprint density at radius 2 is 2.30 bits per heavy atom. The molecule has 1 aliphatic rings. The summed E-state index contributed by atoms with van der Waals surface area (Å²) in [6, 6.07) is 0. The summed E-state index contributed by atoms with van der Waals surface area (Å²) in [5.74, 6) is -0.659. The number of carbonyl (C=O) groups excluding carboxylic acids is 2. The molecule has 1 fully saturated rings. The molecule has 2 amide bonds. The first-order chi connectivity index (χ1) is 9.59. The van der Waals surface area contributed by atoms with Crippen molar-refractivity contribution in [2.45, 2.75) is 45.1 Å². The van der Waals surface area contributed by atoms with Crippen molar-refractivity contribution in [3.05, 3.63) is 0 Å². The highest BCUT2D eigenvalue weighted by molar-refractivity contribution is 5.79. The Morgan fingerprint density at radius 1 is 1.50 bits per heavy atom. The fraction of sp³-hybridized carbons (Fsp3) is 0.857. The first-order valence-corrected chi connectivity index (χ1v) is 7.35. The van der Waals surface area contributed by atoms with Crippen molar-refractivity contribution >= 4 is 11.8 Å². The van der Waals surface area contributed by atoms with E-state index in [4.69, 9.17) is 15.2 Å². The highest BCUT2D eigenvalue weighted by Gasteiger charge is 2.15. The molecule has 0 saturated carbocycles. The quantitative estimate of drug-likeness (QED) is 0.575. The SMILES string of the molecule is CC(CCC(=O)NCCCOC[C@@H]1CCCO1)C(N)=O. The lowest BCUT2D eigenvalue weighted by Crippen LogP contribution is -2.27. The monoisotopic (exact) mass is 286 g/mol. The Morgan fingerprint density at radius 3 is 2.95 bits per heavy atom. The van der Waals surface area contributed by atoms with Crippen LogP contribution in [0.1, 0.15) is 39.0 Å². The molecule has 0 spiro atoms. The number of ether oxygens (including phenoxy) is 2. The van der Waals surface area contributed by atoms with Gasteiger partial charge in [0.05, 0.1) is 12.7 Å². The molecule has 1 rings (SSSR count). The molecule has 6 nitrogen and oxygen atoms in total. The number of nitrogens with two attached hydrogens (primary N) is 1. The summed E-state index contributed by atoms with van der Waals surface area (Å²) >= 11 is 0. The van der Waals surface area contributed by atoms with Crippen LogP contribution in [0.5, 0.6) is 0 Å². The maximum atomic E-state index is 11.5. The van der Waals surface area contributed by atoms with Gasteiger partial charge in [0.15, 0.2) is 0 Å². The molecule has 0 aliphatic carbocycles. The molecular weight excluding hydrogens is 260 g/mol. The zero-order valence-corrected chi connectivity index (χ0v) is 12.2. The van der Waals surface area contributed by atoms with E-state index in [0.717, 1.165) is 25.9 Å². The second-order valence-corrected chi connectivity index (χ2v) is 5.26. The number of hydrogen-bond donors (Lipinski definition) is 2. The summed E-state index contributed by atoms with van der Waals surface area (Å²) in [7, 11) is 0. The minimum absolute atomic E-state index is 0.0442. The molecule has 1 aliphatic heterocycles. The van der Waals surface area contributed by atoms with E-state index in [2.05, 4.69) is 5.32 Å². The standard InChI is InChI=1S/C14H26N2O4/c1-11(14(15)18)5-6-13(17)16-7-3-8-19-10-12-4-2-9-20-12/h11-12H,2-10H2,1H3,(H2,15,18)(H,16,17)/t11?,12-/m0/s1. The third-order valence-corrected chi connectivity index (χ3v) is 3.41. The number of carbonyl (C=O) groups is 2. The van der Waals surface area contributed by atoms with Crippen LogP contribution in [0.4, 0.5) is 0 Å². The molecule has 1 saturated heterocycles. The number of nitrogens with one attached hydrogen (secondary N) is 1. The fourth-order valence-corrected chi connectivity index (χ4v) is 1.97. The molecule has 1 heterocycles. The van der Waals surface area contributed by atoms with Crippen molar-refractivity contribution in [2.75, 3.05) is 26.4 Å². The molecule has 0 aromatic rings. The van der Waals surface area contributed by atoms with Gasteiger partial charge < -0.3 is 20.5 Å². The van der Waals surface area contributed by atoms with Gasteiger partial charge in [-0.05, 0) is 25.7 Å². The van der Waals surface area contributed by atoms with Crippen LogP contribution in [0, 0.1) is 5.92 Å². The Bertz CT molecular complexity index is 304. The number of rotatable bonds is 10. The van der Waals surface area contributed by atoms with Gasteiger partial charge in [0.25, 0.3) is 0 Å². The minimum atomic E-state index is -0.361. The van der Waals surface area contributed by atoms with Gasteiger partial charge in [0.2, 0.25) is 11.8 Å². The van der Waals surface area contributed by atoms with E-state index in [1.807, 2.05) is 0 Å². The first-order valence-electron chi connectivity index (χ1n) is 7.35. The van der Waals surface area contributed by atoms with Crippen molar-refractivity contribution in [1.82, 2.24) is 5.32 Å². The van der Waals surface area contributed by atoms with E-state index in [1.165, 1.54) is 0 Å². The van der Waals surface area contributed by atoms with Crippen molar-refractivity contribution in [3.8, 4) is 0 Å². The van der Waals surface area contributed by atoms with E-state index < -0.39 is 0 Å². The fourth-order valence-electron chi connectivity index (χ4n) is 1.97. The van der Waals surface area contributed by atoms with Gasteiger partial charge in [0, 0.05) is 32.1 Å². The summed E-state index contributed by atoms with van der Waals surface area (Å²) < 4.78 is 10.9. The van der Waals surface area contributed by atoms with E-state index >= 15 is 0 Å². The summed E-state index contributed by atoms with van der Waals surface area (Å²) in [4.78, 5) is 22.3. The Hall–Kier alpha value is -1.14. The molecule has 0 bridgehead atoms. The zero-order valence-electron chi connectivity index (χ0n) is 12.2. The lowest BCUT2D eigenvalue weighted by molar-refractivity contribution is -0.123. The molecule has 3 N–H and O–H groups in total. The van der Waals surface area contributed by atoms with Crippen molar-refractivity contribution in [1.29, 1.82) is 0 Å². The predicted molar refractivity (Wildman–Crippen MR) is 75.0 cm³/mol. The Labute approximate surface area is 120 Å². The molecule has 0 radical (unpaired) electrons. The summed E-state index contributed by atoms with van der Waals surface area (Å²) in [5, 5.41) is 2.80. The van der Waals surface area contributed by atoms with Crippen LogP contribution in [0.3, 0.4) is 0 Å². The molecular formula is C14H26N2O4. The summed E-state index contributed by atoms with van der Waals surface area (Å²) in [6.45, 7) is 4.43. The molecule has 20 heavy (non-hydrogen) atoms. The summed E-state index contributed by atoms with van der Waals surface area (Å²) in [6.07, 6.45) is 4.06. The number of primary amides is 1. The van der Waals surface area contributed by atoms with Crippen LogP contribution in [-0.2, 0) is 19.1 Å². The molecule has 6 heteroatoms. The van der Waals surface area contributed by atoms with Crippen LogP contribution < -0.4 is 11.1 Å². The average molecular weight is 286 g/mol. The first kappa shape index (κ1) is 16.9. The minimum Gasteiger partial charge on any atom is -0.379 e. The van der Waals surface area contributed by atoms with Crippen molar-refractivity contribution < 1.29 is 19.1 Å². The van der Waals surface area contributed by atoms with Gasteiger partial charge in [-0.25, -0.2) is 0 Å². The van der Waals surface area contributed by atoms with E-state index in [-0.39, 0.29) is 23.8 Å². The van der Waals surface area contributed by atoms with E-state index in [0.29, 0.717) is 32.6 Å². The number of hydrogen-bond acceptors (Lipinski definition) is 4. The third kappa shape index (κ3) is 7.45. The molecule has 0 aromatic carbocycles. The largest absolute Gasteiger partial charge is 0.379 e. The van der Waals surface area contributed by atoms with Gasteiger partial charge in [-0.2, -0.15) is 0 Å².